The second-order valence-corrected chi connectivity index (χ2v) is 6.85. The molecule has 1 aromatic heterocycles. The number of oxime groups is 1. The van der Waals surface area contributed by atoms with E-state index in [9.17, 15) is 18.8 Å². The lowest BCUT2D eigenvalue weighted by atomic mass is 10.3. The molecular formula is C6H9N5O8P2S. The Morgan fingerprint density at radius 3 is 2.59 bits per heavy atom. The lowest BCUT2D eigenvalue weighted by Gasteiger charge is -2.11. The second kappa shape index (κ2) is 7.07. The maximum absolute atomic E-state index is 11.4. The van der Waals surface area contributed by atoms with Gasteiger partial charge < -0.3 is 25.3 Å². The van der Waals surface area contributed by atoms with E-state index in [0.29, 0.717) is 11.5 Å². The Morgan fingerprint density at radius 2 is 2.09 bits per heavy atom. The van der Waals surface area contributed by atoms with E-state index in [4.69, 9.17) is 15.5 Å². The molecule has 1 rings (SSSR count). The summed E-state index contributed by atoms with van der Waals surface area (Å²) < 4.78 is 29.2. The van der Waals surface area contributed by atoms with Crippen molar-refractivity contribution in [2.75, 3.05) is 5.09 Å². The Hall–Kier alpha value is -1.66. The summed E-state index contributed by atoms with van der Waals surface area (Å²) in [6.45, 7) is 3.18. The molecule has 16 heteroatoms. The zero-order chi connectivity index (χ0) is 17.0. The Labute approximate surface area is 126 Å². The van der Waals surface area contributed by atoms with Crippen LogP contribution in [-0.4, -0.2) is 35.7 Å². The minimum absolute atomic E-state index is 0.349. The fourth-order valence-corrected chi connectivity index (χ4v) is 3.48. The molecular weight excluding hydrogens is 364 g/mol. The van der Waals surface area contributed by atoms with Crippen LogP contribution in [0.2, 0.25) is 0 Å². The molecule has 1 heterocycles. The molecule has 0 aliphatic heterocycles. The zero-order valence-electron chi connectivity index (χ0n) is 10.4. The normalized spacial score (nSPS) is 15.0. The number of carbonyl (C=O) groups is 1. The predicted molar refractivity (Wildman–Crippen MR) is 73.5 cm³/mol. The van der Waals surface area contributed by atoms with E-state index in [1.54, 1.807) is 5.09 Å². The molecule has 0 radical (unpaired) electrons. The van der Waals surface area contributed by atoms with Crippen molar-refractivity contribution in [1.29, 1.82) is 0 Å². The van der Waals surface area contributed by atoms with Crippen LogP contribution < -0.4 is 10.8 Å². The van der Waals surface area contributed by atoms with E-state index >= 15 is 0 Å². The molecule has 22 heavy (non-hydrogen) atoms. The Balaban J connectivity index is 2.96. The highest BCUT2D eigenvalue weighted by Gasteiger charge is 2.32. The standard InChI is InChI=1S/C6H9N5O8P2S/c1-2-18-9-3(4(7)12)5-8-6(22-11-5)10-20(13,14)19-21(15,16)17/h2H,1H2,(H2,7,12)(H2,15,16,17)(H2,8,10,11,13,14)/b9-3+. The highest BCUT2D eigenvalue weighted by molar-refractivity contribution is 7.64. The van der Waals surface area contributed by atoms with Crippen molar-refractivity contribution in [3.8, 4) is 0 Å². The molecule has 1 amide bonds. The van der Waals surface area contributed by atoms with Crippen LogP contribution in [0.1, 0.15) is 5.82 Å². The molecule has 1 unspecified atom stereocenters. The third-order valence-electron chi connectivity index (χ3n) is 1.54. The van der Waals surface area contributed by atoms with Gasteiger partial charge in [-0.3, -0.25) is 9.88 Å². The molecule has 1 aromatic rings. The largest absolute Gasteiger partial charge is 0.478 e. The summed E-state index contributed by atoms with van der Waals surface area (Å²) in [5, 5.41) is 4.60. The van der Waals surface area contributed by atoms with E-state index in [-0.39, 0.29) is 11.0 Å². The minimum Gasteiger partial charge on any atom is -0.365 e. The van der Waals surface area contributed by atoms with Crippen molar-refractivity contribution in [2.24, 2.45) is 10.9 Å². The van der Waals surface area contributed by atoms with E-state index < -0.39 is 27.2 Å². The van der Waals surface area contributed by atoms with Gasteiger partial charge in [-0.25, -0.2) is 9.13 Å². The Kier molecular flexibility index (Phi) is 5.91. The summed E-state index contributed by atoms with van der Waals surface area (Å²) in [5.74, 6) is -1.40. The molecule has 6 N–H and O–H groups in total. The summed E-state index contributed by atoms with van der Waals surface area (Å²) in [6.07, 6.45) is 0.893. The monoisotopic (exact) mass is 373 g/mol. The molecule has 0 saturated carbocycles. The van der Waals surface area contributed by atoms with E-state index in [1.807, 2.05) is 0 Å². The third kappa shape index (κ3) is 5.99. The maximum atomic E-state index is 11.4. The zero-order valence-corrected chi connectivity index (χ0v) is 13.0. The fraction of sp³-hybridized carbons (Fsp3) is 0. The molecule has 0 aliphatic rings. The van der Waals surface area contributed by atoms with E-state index in [1.165, 1.54) is 0 Å². The number of carbonyl (C=O) groups excluding carboxylic acids is 1. The van der Waals surface area contributed by atoms with Gasteiger partial charge in [0.2, 0.25) is 16.7 Å². The van der Waals surface area contributed by atoms with Gasteiger partial charge in [0.25, 0.3) is 5.91 Å². The third-order valence-corrected chi connectivity index (χ3v) is 4.56. The lowest BCUT2D eigenvalue weighted by molar-refractivity contribution is -0.112. The summed E-state index contributed by atoms with van der Waals surface area (Å²) in [5.41, 5.74) is 4.51. The van der Waals surface area contributed by atoms with Gasteiger partial charge in [-0.1, -0.05) is 11.7 Å². The summed E-state index contributed by atoms with van der Waals surface area (Å²) in [6, 6.07) is 0. The van der Waals surface area contributed by atoms with Crippen LogP contribution >= 0.6 is 27.1 Å². The van der Waals surface area contributed by atoms with Gasteiger partial charge in [-0.2, -0.15) is 13.7 Å². The number of hydrogen-bond donors (Lipinski definition) is 5. The van der Waals surface area contributed by atoms with Gasteiger partial charge in [0.05, 0.1) is 0 Å². The lowest BCUT2D eigenvalue weighted by Crippen LogP contribution is -2.25. The smallest absolute Gasteiger partial charge is 0.365 e. The molecule has 1 atom stereocenters. The van der Waals surface area contributed by atoms with Gasteiger partial charge in [0.15, 0.2) is 0 Å². The number of anilines is 1. The molecule has 122 valence electrons. The summed E-state index contributed by atoms with van der Waals surface area (Å²) >= 11 is 0.474. The molecule has 0 aromatic carbocycles. The highest BCUT2D eigenvalue weighted by atomic mass is 32.1. The topological polar surface area (TPSA) is 207 Å². The molecule has 0 aliphatic carbocycles. The molecule has 13 nitrogen and oxygen atoms in total. The number of phosphoric acid groups is 1. The van der Waals surface area contributed by atoms with Crippen LogP contribution in [0.15, 0.2) is 18.0 Å². The van der Waals surface area contributed by atoms with Crippen LogP contribution in [0.5, 0.6) is 0 Å². The van der Waals surface area contributed by atoms with Crippen molar-refractivity contribution in [2.45, 2.75) is 0 Å². The summed E-state index contributed by atoms with van der Waals surface area (Å²) in [7, 11) is -10.1. The average Bonchev–Trinajstić information content (AvgIpc) is 2.73. The van der Waals surface area contributed by atoms with Crippen molar-refractivity contribution in [1.82, 2.24) is 9.36 Å². The first-order chi connectivity index (χ1) is 10.0. The Bertz CT molecular complexity index is 697. The number of hydrogen-bond acceptors (Lipinski definition) is 9. The van der Waals surface area contributed by atoms with E-state index in [0.717, 1.165) is 6.26 Å². The first-order valence-corrected chi connectivity index (χ1v) is 8.79. The van der Waals surface area contributed by atoms with Crippen molar-refractivity contribution < 1.29 is 37.8 Å². The molecule has 0 bridgehead atoms. The van der Waals surface area contributed by atoms with Gasteiger partial charge in [-0.05, 0) is 0 Å². The number of nitrogens with one attached hydrogen (secondary N) is 1. The second-order valence-electron chi connectivity index (χ2n) is 3.20. The number of nitrogens with zero attached hydrogens (tertiary/aromatic N) is 3. The van der Waals surface area contributed by atoms with Gasteiger partial charge in [-0.15, -0.1) is 0 Å². The van der Waals surface area contributed by atoms with Gasteiger partial charge in [0.1, 0.15) is 6.26 Å². The maximum Gasteiger partial charge on any atom is 0.478 e. The fourth-order valence-electron chi connectivity index (χ4n) is 0.937. The first-order valence-electron chi connectivity index (χ1n) is 4.90. The van der Waals surface area contributed by atoms with Crippen molar-refractivity contribution >= 4 is 43.9 Å². The van der Waals surface area contributed by atoms with Gasteiger partial charge in [0, 0.05) is 11.5 Å². The van der Waals surface area contributed by atoms with Crippen LogP contribution in [-0.2, 0) is 23.1 Å². The van der Waals surface area contributed by atoms with Crippen LogP contribution in [0, 0.1) is 0 Å². The Morgan fingerprint density at radius 1 is 1.45 bits per heavy atom. The average molecular weight is 373 g/mol. The predicted octanol–water partition coefficient (Wildman–Crippen LogP) is -0.491. The molecule has 0 fully saturated rings. The van der Waals surface area contributed by atoms with Crippen LogP contribution in [0.3, 0.4) is 0 Å². The number of primary amides is 1. The van der Waals surface area contributed by atoms with E-state index in [2.05, 4.69) is 30.2 Å². The van der Waals surface area contributed by atoms with Crippen molar-refractivity contribution in [3.63, 3.8) is 0 Å². The number of nitrogens with two attached hydrogens (primary N) is 1. The van der Waals surface area contributed by atoms with Crippen LogP contribution in [0.4, 0.5) is 5.13 Å². The van der Waals surface area contributed by atoms with Gasteiger partial charge >= 0.3 is 15.6 Å². The number of aromatic nitrogens is 2. The molecule has 0 spiro atoms. The highest BCUT2D eigenvalue weighted by Crippen LogP contribution is 2.56. The first kappa shape index (κ1) is 18.4. The molecule has 0 saturated heterocycles. The van der Waals surface area contributed by atoms with Crippen LogP contribution in [0.25, 0.3) is 0 Å². The quantitative estimate of drug-likeness (QED) is 0.170. The van der Waals surface area contributed by atoms with Crippen molar-refractivity contribution in [3.05, 3.63) is 18.7 Å². The summed E-state index contributed by atoms with van der Waals surface area (Å²) in [4.78, 5) is 45.3. The minimum atomic E-state index is -5.22. The SMILES string of the molecule is C=CO/N=C(\C(N)=O)c1nsc(NP(=O)(O)OP(=O)(O)O)n1. The number of rotatable bonds is 8. The number of amides is 1.